The lowest BCUT2D eigenvalue weighted by molar-refractivity contribution is -0.112. The van der Waals surface area contributed by atoms with Gasteiger partial charge in [-0.1, -0.05) is 66.7 Å². The van der Waals surface area contributed by atoms with Crippen LogP contribution in [0.15, 0.2) is 90.6 Å². The predicted octanol–water partition coefficient (Wildman–Crippen LogP) is 5.54. The van der Waals surface area contributed by atoms with Crippen molar-refractivity contribution in [3.05, 3.63) is 107 Å². The fraction of sp³-hybridized carbons (Fsp3) is 0.0769. The molecule has 0 unspecified atom stereocenters. The van der Waals surface area contributed by atoms with Crippen LogP contribution >= 0.6 is 0 Å². The zero-order valence-electron chi connectivity index (χ0n) is 16.7. The molecule has 1 heterocycles. The first-order valence-electron chi connectivity index (χ1n) is 9.76. The lowest BCUT2D eigenvalue weighted by atomic mass is 10.1. The van der Waals surface area contributed by atoms with Crippen molar-refractivity contribution in [2.75, 3.05) is 5.32 Å². The molecule has 0 saturated heterocycles. The molecule has 0 spiro atoms. The lowest BCUT2D eigenvalue weighted by Gasteiger charge is -2.07. The molecule has 0 aliphatic rings. The topological polar surface area (TPSA) is 57.8 Å². The van der Waals surface area contributed by atoms with E-state index in [4.69, 9.17) is 0 Å². The van der Waals surface area contributed by atoms with Crippen LogP contribution in [0, 0.1) is 18.3 Å². The Bertz CT molecular complexity index is 1280. The van der Waals surface area contributed by atoms with Crippen LogP contribution in [-0.4, -0.2) is 10.5 Å². The number of hydrogen-bond donors (Lipinski definition) is 1. The maximum atomic E-state index is 12.7. The second-order valence-corrected chi connectivity index (χ2v) is 7.15. The number of aryl methyl sites for hydroxylation is 1. The first-order valence-corrected chi connectivity index (χ1v) is 9.76. The van der Waals surface area contributed by atoms with Gasteiger partial charge in [0.05, 0.1) is 0 Å². The minimum atomic E-state index is -0.410. The van der Waals surface area contributed by atoms with Crippen molar-refractivity contribution >= 4 is 28.6 Å². The summed E-state index contributed by atoms with van der Waals surface area (Å²) in [5.41, 5.74) is 4.81. The van der Waals surface area contributed by atoms with E-state index in [1.807, 2.05) is 73.8 Å². The quantitative estimate of drug-likeness (QED) is 0.358. The van der Waals surface area contributed by atoms with E-state index in [1.165, 1.54) is 5.56 Å². The summed E-state index contributed by atoms with van der Waals surface area (Å²) in [6.07, 6.45) is 3.66. The molecule has 0 aliphatic carbocycles. The van der Waals surface area contributed by atoms with Gasteiger partial charge in [-0.25, -0.2) is 0 Å². The summed E-state index contributed by atoms with van der Waals surface area (Å²) < 4.78 is 2.14. The lowest BCUT2D eigenvalue weighted by Crippen LogP contribution is -2.14. The van der Waals surface area contributed by atoms with Gasteiger partial charge in [0.2, 0.25) is 0 Å². The van der Waals surface area contributed by atoms with Gasteiger partial charge in [0, 0.05) is 34.9 Å². The largest absolute Gasteiger partial charge is 0.342 e. The van der Waals surface area contributed by atoms with Crippen LogP contribution in [-0.2, 0) is 11.3 Å². The van der Waals surface area contributed by atoms with Crippen LogP contribution < -0.4 is 5.32 Å². The molecule has 0 atom stereocenters. The average molecular weight is 391 g/mol. The van der Waals surface area contributed by atoms with Crippen molar-refractivity contribution in [2.24, 2.45) is 0 Å². The van der Waals surface area contributed by atoms with E-state index < -0.39 is 5.91 Å². The van der Waals surface area contributed by atoms with Crippen molar-refractivity contribution in [1.29, 1.82) is 5.26 Å². The van der Waals surface area contributed by atoms with Gasteiger partial charge in [0.1, 0.15) is 11.6 Å². The number of anilines is 1. The summed E-state index contributed by atoms with van der Waals surface area (Å²) in [6.45, 7) is 2.63. The van der Waals surface area contributed by atoms with E-state index >= 15 is 0 Å². The Kier molecular flexibility index (Phi) is 5.45. The van der Waals surface area contributed by atoms with Crippen molar-refractivity contribution in [3.63, 3.8) is 0 Å². The number of para-hydroxylation sites is 2. The molecule has 0 saturated carbocycles. The molecule has 0 radical (unpaired) electrons. The zero-order chi connectivity index (χ0) is 20.9. The Hall–Kier alpha value is -4.10. The maximum absolute atomic E-state index is 12.7. The molecule has 4 rings (SSSR count). The minimum Gasteiger partial charge on any atom is -0.342 e. The summed E-state index contributed by atoms with van der Waals surface area (Å²) >= 11 is 0. The minimum absolute atomic E-state index is 0.0702. The summed E-state index contributed by atoms with van der Waals surface area (Å²) in [4.78, 5) is 12.7. The van der Waals surface area contributed by atoms with E-state index in [0.717, 1.165) is 22.0 Å². The first kappa shape index (κ1) is 19.2. The third-order valence-electron chi connectivity index (χ3n) is 5.07. The van der Waals surface area contributed by atoms with Gasteiger partial charge < -0.3 is 9.88 Å². The molecule has 0 fully saturated rings. The molecule has 1 aromatic heterocycles. The highest BCUT2D eigenvalue weighted by molar-refractivity contribution is 6.11. The van der Waals surface area contributed by atoms with Gasteiger partial charge in [-0.15, -0.1) is 0 Å². The molecule has 146 valence electrons. The molecule has 4 heteroatoms. The van der Waals surface area contributed by atoms with E-state index in [9.17, 15) is 10.1 Å². The van der Waals surface area contributed by atoms with Crippen LogP contribution in [0.25, 0.3) is 17.0 Å². The Morgan fingerprint density at radius 2 is 1.70 bits per heavy atom. The summed E-state index contributed by atoms with van der Waals surface area (Å²) in [7, 11) is 0. The second kappa shape index (κ2) is 8.50. The molecular formula is C26H21N3O. The summed E-state index contributed by atoms with van der Waals surface area (Å²) in [5, 5.41) is 13.5. The highest BCUT2D eigenvalue weighted by Crippen LogP contribution is 2.25. The number of hydrogen-bond acceptors (Lipinski definition) is 2. The van der Waals surface area contributed by atoms with Gasteiger partial charge in [-0.2, -0.15) is 5.26 Å². The van der Waals surface area contributed by atoms with Crippen molar-refractivity contribution in [3.8, 4) is 6.07 Å². The third-order valence-corrected chi connectivity index (χ3v) is 5.07. The van der Waals surface area contributed by atoms with Gasteiger partial charge >= 0.3 is 0 Å². The van der Waals surface area contributed by atoms with Crippen molar-refractivity contribution < 1.29 is 4.79 Å². The predicted molar refractivity (Wildman–Crippen MR) is 121 cm³/mol. The molecular weight excluding hydrogens is 370 g/mol. The van der Waals surface area contributed by atoms with Gasteiger partial charge in [0.15, 0.2) is 0 Å². The Labute approximate surface area is 175 Å². The number of carbonyl (C=O) groups is 1. The number of benzene rings is 3. The van der Waals surface area contributed by atoms with Crippen LogP contribution in [0.4, 0.5) is 5.69 Å². The fourth-order valence-corrected chi connectivity index (χ4v) is 3.51. The Morgan fingerprint density at radius 3 is 2.47 bits per heavy atom. The van der Waals surface area contributed by atoms with Gasteiger partial charge in [0.25, 0.3) is 5.91 Å². The molecule has 1 N–H and O–H groups in total. The number of amides is 1. The van der Waals surface area contributed by atoms with Crippen LogP contribution in [0.1, 0.15) is 16.7 Å². The number of carbonyl (C=O) groups excluding carboxylic acids is 1. The number of nitriles is 1. The van der Waals surface area contributed by atoms with Crippen molar-refractivity contribution in [1.82, 2.24) is 4.57 Å². The SMILES string of the molecule is Cc1ccccc1NC(=O)C(C#N)=Cc1cn(Cc2ccccc2)c2ccccc12. The van der Waals surface area contributed by atoms with Gasteiger partial charge in [-0.05, 0) is 36.3 Å². The van der Waals surface area contributed by atoms with Crippen LogP contribution in [0.3, 0.4) is 0 Å². The monoisotopic (exact) mass is 391 g/mol. The first-order chi connectivity index (χ1) is 14.7. The molecule has 0 aliphatic heterocycles. The number of rotatable bonds is 5. The third kappa shape index (κ3) is 4.01. The molecule has 4 nitrogen and oxygen atoms in total. The molecule has 3 aromatic carbocycles. The normalized spacial score (nSPS) is 11.3. The second-order valence-electron chi connectivity index (χ2n) is 7.15. The molecule has 30 heavy (non-hydrogen) atoms. The van der Waals surface area contributed by atoms with Crippen molar-refractivity contribution in [2.45, 2.75) is 13.5 Å². The summed E-state index contributed by atoms with van der Waals surface area (Å²) in [6, 6.07) is 27.8. The zero-order valence-corrected chi connectivity index (χ0v) is 16.7. The smallest absolute Gasteiger partial charge is 0.266 e. The standard InChI is InChI=1S/C26H21N3O/c1-19-9-5-7-13-24(19)28-26(30)21(16-27)15-22-18-29(17-20-10-3-2-4-11-20)25-14-8-6-12-23(22)25/h2-15,18H,17H2,1H3,(H,28,30). The average Bonchev–Trinajstić information content (AvgIpc) is 3.11. The fourth-order valence-electron chi connectivity index (χ4n) is 3.51. The number of nitrogens with zero attached hydrogens (tertiary/aromatic N) is 2. The molecule has 4 aromatic rings. The van der Waals surface area contributed by atoms with E-state index in [0.29, 0.717) is 12.2 Å². The number of aromatic nitrogens is 1. The highest BCUT2D eigenvalue weighted by atomic mass is 16.1. The number of fused-ring (bicyclic) bond motifs is 1. The van der Waals surface area contributed by atoms with Crippen LogP contribution in [0.2, 0.25) is 0 Å². The summed E-state index contributed by atoms with van der Waals surface area (Å²) in [5.74, 6) is -0.410. The van der Waals surface area contributed by atoms with E-state index in [2.05, 4.69) is 34.2 Å². The number of nitrogens with one attached hydrogen (secondary N) is 1. The maximum Gasteiger partial charge on any atom is 0.266 e. The highest BCUT2D eigenvalue weighted by Gasteiger charge is 2.13. The Morgan fingerprint density at radius 1 is 1.00 bits per heavy atom. The molecule has 0 bridgehead atoms. The van der Waals surface area contributed by atoms with Crippen LogP contribution in [0.5, 0.6) is 0 Å². The van der Waals surface area contributed by atoms with Gasteiger partial charge in [-0.3, -0.25) is 4.79 Å². The Balaban J connectivity index is 1.69. The van der Waals surface area contributed by atoms with E-state index in [-0.39, 0.29) is 5.57 Å². The molecule has 1 amide bonds. The van der Waals surface area contributed by atoms with E-state index in [1.54, 1.807) is 6.08 Å².